The van der Waals surface area contributed by atoms with Gasteiger partial charge in [-0.05, 0) is 64.8 Å². The van der Waals surface area contributed by atoms with Crippen molar-refractivity contribution in [2.24, 2.45) is 17.3 Å². The number of hydrogen-bond acceptors (Lipinski definition) is 5. The highest BCUT2D eigenvalue weighted by Crippen LogP contribution is 2.65. The van der Waals surface area contributed by atoms with E-state index in [1.165, 1.54) is 18.2 Å². The summed E-state index contributed by atoms with van der Waals surface area (Å²) in [6.07, 6.45) is 0.861. The lowest BCUT2D eigenvalue weighted by molar-refractivity contribution is -0.00539. The molecule has 0 radical (unpaired) electrons. The van der Waals surface area contributed by atoms with Gasteiger partial charge in [0, 0.05) is 17.9 Å². The number of ketones is 1. The number of phenolic OH excluding ortho intramolecular Hbond substituents is 4. The van der Waals surface area contributed by atoms with Crippen LogP contribution in [0.5, 0.6) is 23.0 Å². The second-order valence-corrected chi connectivity index (χ2v) is 9.69. The first-order chi connectivity index (χ1) is 15.6. The van der Waals surface area contributed by atoms with Crippen molar-refractivity contribution in [2.45, 2.75) is 39.0 Å². The minimum atomic E-state index is -0.404. The van der Waals surface area contributed by atoms with Gasteiger partial charge in [0.15, 0.2) is 5.78 Å². The average molecular weight is 447 g/mol. The molecular formula is C28H30O5. The summed E-state index contributed by atoms with van der Waals surface area (Å²) in [5.41, 5.74) is 1.99. The molecule has 5 heteroatoms. The monoisotopic (exact) mass is 446 g/mol. The lowest BCUT2D eigenvalue weighted by Crippen LogP contribution is -2.53. The van der Waals surface area contributed by atoms with E-state index in [0.717, 1.165) is 17.5 Å². The van der Waals surface area contributed by atoms with Crippen molar-refractivity contribution in [2.75, 3.05) is 0 Å². The van der Waals surface area contributed by atoms with Gasteiger partial charge >= 0.3 is 0 Å². The molecule has 3 aromatic rings. The molecule has 0 saturated heterocycles. The molecule has 4 unspecified atom stereocenters. The Labute approximate surface area is 194 Å². The van der Waals surface area contributed by atoms with E-state index in [4.69, 9.17) is 0 Å². The predicted molar refractivity (Wildman–Crippen MR) is 127 cm³/mol. The smallest absolute Gasteiger partial charge is 0.170 e. The zero-order valence-corrected chi connectivity index (χ0v) is 19.1. The molecule has 4 N–H and O–H groups in total. The van der Waals surface area contributed by atoms with Gasteiger partial charge in [0.25, 0.3) is 0 Å². The van der Waals surface area contributed by atoms with E-state index in [-0.39, 0.29) is 57.5 Å². The molecule has 0 amide bonds. The normalized spacial score (nSPS) is 22.5. The Morgan fingerprint density at radius 3 is 1.73 bits per heavy atom. The van der Waals surface area contributed by atoms with Gasteiger partial charge in [-0.2, -0.15) is 0 Å². The molecule has 0 bridgehead atoms. The largest absolute Gasteiger partial charge is 0.508 e. The first-order valence-corrected chi connectivity index (χ1v) is 11.3. The fourth-order valence-corrected chi connectivity index (χ4v) is 5.41. The van der Waals surface area contributed by atoms with E-state index in [1.54, 1.807) is 24.3 Å². The fraction of sp³-hybridized carbons (Fsp3) is 0.321. The molecule has 0 spiro atoms. The van der Waals surface area contributed by atoms with Crippen LogP contribution >= 0.6 is 0 Å². The van der Waals surface area contributed by atoms with Crippen LogP contribution in [0.3, 0.4) is 0 Å². The quantitative estimate of drug-likeness (QED) is 0.351. The van der Waals surface area contributed by atoms with Gasteiger partial charge in [-0.3, -0.25) is 4.79 Å². The molecule has 172 valence electrons. The van der Waals surface area contributed by atoms with Crippen LogP contribution in [0.4, 0.5) is 0 Å². The molecule has 4 rings (SSSR count). The zero-order chi connectivity index (χ0) is 23.9. The van der Waals surface area contributed by atoms with E-state index in [9.17, 15) is 25.2 Å². The van der Waals surface area contributed by atoms with Crippen LogP contribution in [-0.2, 0) is 0 Å². The number of benzene rings is 3. The van der Waals surface area contributed by atoms with Gasteiger partial charge in [-0.25, -0.2) is 0 Å². The summed E-state index contributed by atoms with van der Waals surface area (Å²) >= 11 is 0. The number of hydrogen-bond donors (Lipinski definition) is 4. The second kappa shape index (κ2) is 8.47. The molecule has 1 fully saturated rings. The highest BCUT2D eigenvalue weighted by atomic mass is 16.3. The number of aromatic hydroxyl groups is 4. The Bertz CT molecular complexity index is 1150. The van der Waals surface area contributed by atoms with Crippen LogP contribution in [0.15, 0.2) is 66.7 Å². The predicted octanol–water partition coefficient (Wildman–Crippen LogP) is 5.94. The van der Waals surface area contributed by atoms with E-state index in [2.05, 4.69) is 20.8 Å². The van der Waals surface area contributed by atoms with Crippen molar-refractivity contribution in [3.63, 3.8) is 0 Å². The highest BCUT2D eigenvalue weighted by Gasteiger charge is 2.59. The average Bonchev–Trinajstić information content (AvgIpc) is 2.75. The second-order valence-electron chi connectivity index (χ2n) is 9.69. The van der Waals surface area contributed by atoms with Crippen molar-refractivity contribution in [1.29, 1.82) is 0 Å². The van der Waals surface area contributed by atoms with E-state index in [0.29, 0.717) is 0 Å². The first-order valence-electron chi connectivity index (χ1n) is 11.3. The number of carbonyl (C=O) groups is 1. The first kappa shape index (κ1) is 22.7. The van der Waals surface area contributed by atoms with Crippen LogP contribution in [0.1, 0.15) is 60.5 Å². The van der Waals surface area contributed by atoms with E-state index < -0.39 is 5.92 Å². The molecule has 33 heavy (non-hydrogen) atoms. The summed E-state index contributed by atoms with van der Waals surface area (Å²) in [4.78, 5) is 13.9. The van der Waals surface area contributed by atoms with Gasteiger partial charge in [0.1, 0.15) is 23.0 Å². The van der Waals surface area contributed by atoms with Gasteiger partial charge in [-0.1, -0.05) is 51.5 Å². The summed E-state index contributed by atoms with van der Waals surface area (Å²) in [6, 6.07) is 18.2. The Morgan fingerprint density at radius 1 is 0.758 bits per heavy atom. The van der Waals surface area contributed by atoms with Crippen molar-refractivity contribution in [3.8, 4) is 23.0 Å². The third-order valence-corrected chi connectivity index (χ3v) is 7.47. The van der Waals surface area contributed by atoms with Crippen molar-refractivity contribution < 1.29 is 25.2 Å². The van der Waals surface area contributed by atoms with Gasteiger partial charge < -0.3 is 20.4 Å². The Morgan fingerprint density at radius 2 is 1.24 bits per heavy atom. The van der Waals surface area contributed by atoms with Crippen molar-refractivity contribution in [1.82, 2.24) is 0 Å². The number of carbonyl (C=O) groups excluding carboxylic acids is 1. The fourth-order valence-electron chi connectivity index (χ4n) is 5.41. The van der Waals surface area contributed by atoms with Crippen LogP contribution in [0.25, 0.3) is 0 Å². The minimum absolute atomic E-state index is 0.0123. The molecule has 3 aromatic carbocycles. The van der Waals surface area contributed by atoms with Crippen LogP contribution in [0.2, 0.25) is 0 Å². The lowest BCUT2D eigenvalue weighted by Gasteiger charge is -2.58. The minimum Gasteiger partial charge on any atom is -0.508 e. The third-order valence-electron chi connectivity index (χ3n) is 7.47. The zero-order valence-electron chi connectivity index (χ0n) is 19.1. The Hall–Kier alpha value is -3.47. The summed E-state index contributed by atoms with van der Waals surface area (Å²) < 4.78 is 0. The molecule has 1 saturated carbocycles. The molecular weight excluding hydrogens is 416 g/mol. The molecule has 0 aromatic heterocycles. The maximum absolute atomic E-state index is 13.9. The van der Waals surface area contributed by atoms with Crippen LogP contribution < -0.4 is 0 Å². The van der Waals surface area contributed by atoms with E-state index >= 15 is 0 Å². The molecule has 0 aliphatic heterocycles. The lowest BCUT2D eigenvalue weighted by atomic mass is 9.44. The summed E-state index contributed by atoms with van der Waals surface area (Å²) in [7, 11) is 0. The highest BCUT2D eigenvalue weighted by molar-refractivity contribution is 6.02. The summed E-state index contributed by atoms with van der Waals surface area (Å²) in [6.45, 7) is 6.44. The SMILES string of the molecule is CCC(C)(C)C1C(C(=O)c2ccc(O)cc2O)C(c2ccc(O)cc2)C1c1ccc(O)cc1. The Balaban J connectivity index is 1.87. The maximum Gasteiger partial charge on any atom is 0.170 e. The molecule has 1 aliphatic carbocycles. The van der Waals surface area contributed by atoms with E-state index in [1.807, 2.05) is 24.3 Å². The van der Waals surface area contributed by atoms with Crippen LogP contribution in [0, 0.1) is 17.3 Å². The standard InChI is InChI=1S/C28H30O5/c1-4-28(2,3)26-24(17-7-11-19(30)12-8-17)23(16-5-9-18(29)10-6-16)25(26)27(33)21-14-13-20(31)15-22(21)32/h5-15,23-26,29-32H,4H2,1-3H3. The molecule has 0 heterocycles. The van der Waals surface area contributed by atoms with Gasteiger partial charge in [-0.15, -0.1) is 0 Å². The van der Waals surface area contributed by atoms with Gasteiger partial charge in [0.05, 0.1) is 5.56 Å². The van der Waals surface area contributed by atoms with Crippen molar-refractivity contribution >= 4 is 5.78 Å². The molecule has 5 nitrogen and oxygen atoms in total. The van der Waals surface area contributed by atoms with Crippen molar-refractivity contribution in [3.05, 3.63) is 83.4 Å². The summed E-state index contributed by atoms with van der Waals surface area (Å²) in [5, 5.41) is 39.8. The Kier molecular flexibility index (Phi) is 5.83. The topological polar surface area (TPSA) is 98.0 Å². The number of rotatable bonds is 6. The summed E-state index contributed by atoms with van der Waals surface area (Å²) in [5.74, 6) is -0.732. The molecule has 4 atom stereocenters. The maximum atomic E-state index is 13.9. The molecule has 1 aliphatic rings. The van der Waals surface area contributed by atoms with Gasteiger partial charge in [0.2, 0.25) is 0 Å². The third kappa shape index (κ3) is 4.04. The van der Waals surface area contributed by atoms with Crippen LogP contribution in [-0.4, -0.2) is 26.2 Å². The number of phenols is 4. The number of Topliss-reactive ketones (excluding diaryl/α,β-unsaturated/α-hetero) is 1.